The summed E-state index contributed by atoms with van der Waals surface area (Å²) < 4.78 is 22.9. The molecule has 1 amide bonds. The number of hydrogen-bond donors (Lipinski definition) is 3. The molecule has 19 heavy (non-hydrogen) atoms. The fourth-order valence-corrected chi connectivity index (χ4v) is 3.08. The molecule has 1 saturated carbocycles. The van der Waals surface area contributed by atoms with Gasteiger partial charge in [-0.05, 0) is 36.1 Å². The molecule has 2 rings (SSSR count). The van der Waals surface area contributed by atoms with Gasteiger partial charge < -0.3 is 16.2 Å². The van der Waals surface area contributed by atoms with Crippen LogP contribution in [-0.2, 0) is 21.1 Å². The number of nitrogen functional groups attached to an aromatic ring is 1. The van der Waals surface area contributed by atoms with E-state index in [9.17, 15) is 13.2 Å². The number of rotatable bonds is 4. The van der Waals surface area contributed by atoms with E-state index < -0.39 is 21.5 Å². The van der Waals surface area contributed by atoms with E-state index in [-0.39, 0.29) is 5.75 Å². The van der Waals surface area contributed by atoms with E-state index in [1.165, 1.54) is 0 Å². The molecule has 0 bridgehead atoms. The first-order valence-corrected chi connectivity index (χ1v) is 7.86. The zero-order valence-electron chi connectivity index (χ0n) is 10.5. The predicted molar refractivity (Wildman–Crippen MR) is 71.5 cm³/mol. The van der Waals surface area contributed by atoms with Crippen LogP contribution in [0.5, 0.6) is 0 Å². The number of carbonyl (C=O) groups is 1. The summed E-state index contributed by atoms with van der Waals surface area (Å²) in [5, 5.41) is 11.3. The third-order valence-corrected chi connectivity index (χ3v) is 3.99. The summed E-state index contributed by atoms with van der Waals surface area (Å²) in [6.07, 6.45) is 1.36. The molecule has 1 fully saturated rings. The largest absolute Gasteiger partial charge is 0.465 e. The van der Waals surface area contributed by atoms with Crippen molar-refractivity contribution < 1.29 is 18.3 Å². The molecule has 1 aromatic rings. The first kappa shape index (κ1) is 13.7. The molecule has 4 N–H and O–H groups in total. The second-order valence-electron chi connectivity index (χ2n) is 5.00. The molecular formula is C12H16N2O4S. The van der Waals surface area contributed by atoms with Gasteiger partial charge in [0.05, 0.1) is 11.3 Å². The zero-order chi connectivity index (χ0) is 14.3. The van der Waals surface area contributed by atoms with Crippen LogP contribution in [0.1, 0.15) is 24.0 Å². The normalized spacial score (nSPS) is 16.9. The minimum absolute atomic E-state index is 0.142. The summed E-state index contributed by atoms with van der Waals surface area (Å²) in [4.78, 5) is 10.8. The van der Waals surface area contributed by atoms with Crippen LogP contribution in [0.3, 0.4) is 0 Å². The van der Waals surface area contributed by atoms with Gasteiger partial charge in [0.1, 0.15) is 0 Å². The van der Waals surface area contributed by atoms with Crippen molar-refractivity contribution in [2.24, 2.45) is 0 Å². The van der Waals surface area contributed by atoms with Gasteiger partial charge in [-0.25, -0.2) is 13.2 Å². The van der Waals surface area contributed by atoms with Crippen LogP contribution >= 0.6 is 0 Å². The van der Waals surface area contributed by atoms with E-state index in [2.05, 4.69) is 5.32 Å². The second kappa shape index (κ2) is 4.41. The predicted octanol–water partition coefficient (Wildman–Crippen LogP) is 1.07. The molecule has 0 radical (unpaired) electrons. The summed E-state index contributed by atoms with van der Waals surface area (Å²) in [6, 6.07) is 4.96. The van der Waals surface area contributed by atoms with E-state index in [0.717, 1.165) is 6.26 Å². The highest BCUT2D eigenvalue weighted by molar-refractivity contribution is 7.89. The van der Waals surface area contributed by atoms with Crippen LogP contribution in [0, 0.1) is 0 Å². The number of anilines is 1. The highest BCUT2D eigenvalue weighted by Crippen LogP contribution is 2.47. The minimum Gasteiger partial charge on any atom is -0.465 e. The topological polar surface area (TPSA) is 109 Å². The van der Waals surface area contributed by atoms with Gasteiger partial charge in [0.2, 0.25) is 0 Å². The summed E-state index contributed by atoms with van der Waals surface area (Å²) in [5.41, 5.74) is 6.76. The molecule has 1 aromatic carbocycles. The molecule has 1 aliphatic rings. The van der Waals surface area contributed by atoms with Crippen molar-refractivity contribution >= 4 is 21.6 Å². The molecule has 1 aliphatic carbocycles. The van der Waals surface area contributed by atoms with Crippen molar-refractivity contribution in [3.8, 4) is 0 Å². The average Bonchev–Trinajstić information content (AvgIpc) is 2.94. The summed E-state index contributed by atoms with van der Waals surface area (Å²) in [5.74, 6) is -0.142. The van der Waals surface area contributed by atoms with Crippen LogP contribution in [0.15, 0.2) is 18.2 Å². The van der Waals surface area contributed by atoms with E-state index in [1.54, 1.807) is 18.2 Å². The highest BCUT2D eigenvalue weighted by atomic mass is 32.2. The van der Waals surface area contributed by atoms with Crippen molar-refractivity contribution in [2.75, 3.05) is 12.0 Å². The highest BCUT2D eigenvalue weighted by Gasteiger charge is 2.47. The molecule has 0 atom stereocenters. The first-order valence-electron chi connectivity index (χ1n) is 5.80. The average molecular weight is 284 g/mol. The molecule has 104 valence electrons. The molecule has 0 heterocycles. The Bertz CT molecular complexity index is 621. The number of carboxylic acid groups (broad SMARTS) is 1. The van der Waals surface area contributed by atoms with Crippen molar-refractivity contribution in [2.45, 2.75) is 24.1 Å². The number of nitrogens with one attached hydrogen (secondary N) is 1. The Hall–Kier alpha value is -1.76. The maximum absolute atomic E-state index is 11.5. The van der Waals surface area contributed by atoms with E-state index in [0.29, 0.717) is 29.7 Å². The van der Waals surface area contributed by atoms with Gasteiger partial charge in [-0.3, -0.25) is 0 Å². The molecule has 0 saturated heterocycles. The molecular weight excluding hydrogens is 268 g/mol. The molecule has 0 aromatic heterocycles. The number of nitrogens with two attached hydrogens (primary N) is 1. The molecule has 0 unspecified atom stereocenters. The van der Waals surface area contributed by atoms with Gasteiger partial charge in [0.25, 0.3) is 0 Å². The third kappa shape index (κ3) is 3.17. The Kier molecular flexibility index (Phi) is 3.17. The third-order valence-electron chi connectivity index (χ3n) is 3.16. The summed E-state index contributed by atoms with van der Waals surface area (Å²) >= 11 is 0. The Morgan fingerprint density at radius 3 is 2.58 bits per heavy atom. The van der Waals surface area contributed by atoms with Gasteiger partial charge in [-0.15, -0.1) is 0 Å². The number of benzene rings is 1. The van der Waals surface area contributed by atoms with Gasteiger partial charge in [0.15, 0.2) is 9.84 Å². The Morgan fingerprint density at radius 2 is 2.11 bits per heavy atom. The van der Waals surface area contributed by atoms with E-state index >= 15 is 0 Å². The zero-order valence-corrected chi connectivity index (χ0v) is 11.3. The van der Waals surface area contributed by atoms with Gasteiger partial charge >= 0.3 is 6.09 Å². The SMILES string of the molecule is CS(=O)(=O)Cc1cc(N)ccc1C1(NC(=O)O)CC1. The molecule has 0 spiro atoms. The van der Waals surface area contributed by atoms with Crippen LogP contribution in [0.4, 0.5) is 10.5 Å². The van der Waals surface area contributed by atoms with Gasteiger partial charge in [-0.1, -0.05) is 6.07 Å². The fourth-order valence-electron chi connectivity index (χ4n) is 2.27. The van der Waals surface area contributed by atoms with Crippen LogP contribution < -0.4 is 11.1 Å². The molecule has 7 heteroatoms. The van der Waals surface area contributed by atoms with Crippen molar-refractivity contribution in [1.29, 1.82) is 0 Å². The molecule has 6 nitrogen and oxygen atoms in total. The maximum Gasteiger partial charge on any atom is 0.405 e. The van der Waals surface area contributed by atoms with Crippen LogP contribution in [0.2, 0.25) is 0 Å². The number of hydrogen-bond acceptors (Lipinski definition) is 4. The van der Waals surface area contributed by atoms with E-state index in [4.69, 9.17) is 10.8 Å². The van der Waals surface area contributed by atoms with Crippen LogP contribution in [-0.4, -0.2) is 25.9 Å². The van der Waals surface area contributed by atoms with Crippen molar-refractivity contribution in [3.05, 3.63) is 29.3 Å². The lowest BCUT2D eigenvalue weighted by atomic mass is 9.98. The lowest BCUT2D eigenvalue weighted by Crippen LogP contribution is -2.34. The smallest absolute Gasteiger partial charge is 0.405 e. The Balaban J connectivity index is 2.43. The number of sulfone groups is 1. The monoisotopic (exact) mass is 284 g/mol. The maximum atomic E-state index is 11.5. The Labute approximate surface area is 111 Å². The lowest BCUT2D eigenvalue weighted by Gasteiger charge is -2.19. The van der Waals surface area contributed by atoms with E-state index in [1.807, 2.05) is 0 Å². The lowest BCUT2D eigenvalue weighted by molar-refractivity contribution is 0.188. The van der Waals surface area contributed by atoms with Gasteiger partial charge in [0, 0.05) is 11.9 Å². The summed E-state index contributed by atoms with van der Waals surface area (Å²) in [6.45, 7) is 0. The fraction of sp³-hybridized carbons (Fsp3) is 0.417. The summed E-state index contributed by atoms with van der Waals surface area (Å²) in [7, 11) is -3.21. The van der Waals surface area contributed by atoms with Gasteiger partial charge in [-0.2, -0.15) is 0 Å². The minimum atomic E-state index is -3.21. The van der Waals surface area contributed by atoms with Crippen molar-refractivity contribution in [3.63, 3.8) is 0 Å². The Morgan fingerprint density at radius 1 is 1.47 bits per heavy atom. The standard InChI is InChI=1S/C12H16N2O4S/c1-19(17,18)7-8-6-9(13)2-3-10(8)12(4-5-12)14-11(15)16/h2-3,6,14H,4-5,7,13H2,1H3,(H,15,16). The molecule has 0 aliphatic heterocycles. The van der Waals surface area contributed by atoms with Crippen LogP contribution in [0.25, 0.3) is 0 Å². The first-order chi connectivity index (χ1) is 8.72. The quantitative estimate of drug-likeness (QED) is 0.716. The van der Waals surface area contributed by atoms with Crippen molar-refractivity contribution in [1.82, 2.24) is 5.32 Å². The number of amides is 1. The second-order valence-corrected chi connectivity index (χ2v) is 7.14.